The van der Waals surface area contributed by atoms with Crippen LogP contribution in [-0.4, -0.2) is 19.0 Å². The highest BCUT2D eigenvalue weighted by Gasteiger charge is 2.58. The van der Waals surface area contributed by atoms with Crippen LogP contribution in [0, 0.1) is 0 Å². The molecular weight excluding hydrogens is 322 g/mol. The molecule has 0 saturated heterocycles. The van der Waals surface area contributed by atoms with Crippen LogP contribution in [0.2, 0.25) is 0 Å². The van der Waals surface area contributed by atoms with Gasteiger partial charge in [-0.25, -0.2) is 0 Å². The lowest BCUT2D eigenvalue weighted by atomic mass is 9.77. The van der Waals surface area contributed by atoms with Gasteiger partial charge in [-0.3, -0.25) is 4.99 Å². The van der Waals surface area contributed by atoms with E-state index in [1.165, 1.54) is 11.3 Å². The zero-order chi connectivity index (χ0) is 18.1. The summed E-state index contributed by atoms with van der Waals surface area (Å²) in [6.45, 7) is 4.43. The maximum atomic E-state index is 6.67. The zero-order valence-electron chi connectivity index (χ0n) is 15.2. The van der Waals surface area contributed by atoms with E-state index in [0.29, 0.717) is 0 Å². The predicted octanol–water partition coefficient (Wildman–Crippen LogP) is 4.64. The van der Waals surface area contributed by atoms with Gasteiger partial charge in [-0.2, -0.15) is 0 Å². The number of fused-ring (bicyclic) bond motifs is 4. The Morgan fingerprint density at radius 3 is 2.62 bits per heavy atom. The Balaban J connectivity index is 1.72. The third-order valence-electron chi connectivity index (χ3n) is 5.95. The molecule has 0 fully saturated rings. The van der Waals surface area contributed by atoms with Gasteiger partial charge < -0.3 is 15.4 Å². The average Bonchev–Trinajstić information content (AvgIpc) is 2.80. The van der Waals surface area contributed by atoms with Gasteiger partial charge in [-0.15, -0.1) is 0 Å². The molecular formula is C22H21N3O. The second-order valence-electron chi connectivity index (χ2n) is 7.65. The fourth-order valence-electron chi connectivity index (χ4n) is 4.39. The molecule has 2 aliphatic rings. The van der Waals surface area contributed by atoms with Crippen molar-refractivity contribution in [1.29, 1.82) is 0 Å². The normalized spacial score (nSPS) is 22.3. The van der Waals surface area contributed by atoms with Crippen LogP contribution in [-0.2, 0) is 5.41 Å². The first-order chi connectivity index (χ1) is 12.4. The van der Waals surface area contributed by atoms with E-state index in [1.807, 2.05) is 30.5 Å². The van der Waals surface area contributed by atoms with Crippen molar-refractivity contribution in [2.45, 2.75) is 25.0 Å². The molecule has 4 nitrogen and oxygen atoms in total. The van der Waals surface area contributed by atoms with Crippen molar-refractivity contribution in [3.63, 3.8) is 0 Å². The van der Waals surface area contributed by atoms with E-state index in [1.54, 1.807) is 0 Å². The fourth-order valence-corrected chi connectivity index (χ4v) is 4.39. The Morgan fingerprint density at radius 2 is 1.81 bits per heavy atom. The third-order valence-corrected chi connectivity index (χ3v) is 5.95. The first-order valence-corrected chi connectivity index (χ1v) is 8.84. The van der Waals surface area contributed by atoms with Crippen LogP contribution < -0.4 is 15.4 Å². The summed E-state index contributed by atoms with van der Waals surface area (Å²) in [4.78, 5) is 7.07. The number of ether oxygens (including phenoxy) is 1. The molecule has 5 rings (SSSR count). The maximum absolute atomic E-state index is 6.67. The van der Waals surface area contributed by atoms with E-state index in [2.05, 4.69) is 56.1 Å². The summed E-state index contributed by atoms with van der Waals surface area (Å²) >= 11 is 0. The summed E-state index contributed by atoms with van der Waals surface area (Å²) in [6.07, 6.45) is 1.96. The topological polar surface area (TPSA) is 50.8 Å². The maximum Gasteiger partial charge on any atom is 0.228 e. The Kier molecular flexibility index (Phi) is 2.81. The molecule has 0 radical (unpaired) electrons. The lowest BCUT2D eigenvalue weighted by Gasteiger charge is -2.45. The molecule has 2 aliphatic heterocycles. The zero-order valence-corrected chi connectivity index (χ0v) is 15.2. The smallest absolute Gasteiger partial charge is 0.228 e. The second-order valence-corrected chi connectivity index (χ2v) is 7.65. The van der Waals surface area contributed by atoms with E-state index in [9.17, 15) is 0 Å². The van der Waals surface area contributed by atoms with E-state index in [-0.39, 0.29) is 5.41 Å². The average molecular weight is 343 g/mol. The number of nitrogens with zero attached hydrogens (tertiary/aromatic N) is 2. The lowest BCUT2D eigenvalue weighted by Crippen LogP contribution is -2.61. The van der Waals surface area contributed by atoms with Crippen LogP contribution in [0.15, 0.2) is 59.6 Å². The largest absolute Gasteiger partial charge is 0.459 e. The number of hydrogen-bond donors (Lipinski definition) is 1. The Morgan fingerprint density at radius 1 is 1.04 bits per heavy atom. The number of likely N-dealkylation sites (N-methyl/N-ethyl adjacent to an activating group) is 1. The van der Waals surface area contributed by atoms with Crippen molar-refractivity contribution >= 4 is 34.0 Å². The van der Waals surface area contributed by atoms with Gasteiger partial charge in [-0.05, 0) is 49.1 Å². The minimum Gasteiger partial charge on any atom is -0.459 e. The Hall–Kier alpha value is -3.01. The van der Waals surface area contributed by atoms with Gasteiger partial charge in [0.05, 0.1) is 11.6 Å². The van der Waals surface area contributed by atoms with Crippen LogP contribution in [0.1, 0.15) is 19.4 Å². The number of benzene rings is 3. The predicted molar refractivity (Wildman–Crippen MR) is 108 cm³/mol. The Labute approximate surface area is 152 Å². The number of hydrogen-bond acceptors (Lipinski definition) is 4. The molecule has 0 aromatic heterocycles. The number of anilines is 2. The molecule has 0 amide bonds. The summed E-state index contributed by atoms with van der Waals surface area (Å²) < 4.78 is 6.67. The quantitative estimate of drug-likeness (QED) is 0.605. The molecule has 0 saturated carbocycles. The number of para-hydroxylation sites is 1. The number of aliphatic imine (C=N–C) groups is 1. The molecule has 2 N–H and O–H groups in total. The van der Waals surface area contributed by atoms with Crippen molar-refractivity contribution in [3.8, 4) is 5.75 Å². The summed E-state index contributed by atoms with van der Waals surface area (Å²) in [5.41, 5.74) is 9.11. The molecule has 26 heavy (non-hydrogen) atoms. The summed E-state index contributed by atoms with van der Waals surface area (Å²) in [7, 11) is 2.07. The molecule has 1 spiro atoms. The van der Waals surface area contributed by atoms with Gasteiger partial charge in [-0.1, -0.05) is 30.3 Å². The highest BCUT2D eigenvalue weighted by molar-refractivity contribution is 6.01. The van der Waals surface area contributed by atoms with Crippen molar-refractivity contribution in [2.75, 3.05) is 17.7 Å². The molecule has 130 valence electrons. The molecule has 0 aliphatic carbocycles. The van der Waals surface area contributed by atoms with Gasteiger partial charge in [0.15, 0.2) is 0 Å². The fraction of sp³-hybridized carbons (Fsp3) is 0.227. The van der Waals surface area contributed by atoms with Crippen molar-refractivity contribution < 1.29 is 4.74 Å². The highest BCUT2D eigenvalue weighted by Crippen LogP contribution is 2.54. The SMILES string of the molecule is CN1c2ccccc2C(C)(C)C12C=Nc1c(ccc3ccc(N)cc13)O2. The summed E-state index contributed by atoms with van der Waals surface area (Å²) in [6, 6.07) is 18.4. The molecule has 1 atom stereocenters. The molecule has 3 aromatic rings. The molecule has 4 heteroatoms. The van der Waals surface area contributed by atoms with E-state index in [0.717, 1.165) is 27.9 Å². The van der Waals surface area contributed by atoms with Crippen LogP contribution in [0.25, 0.3) is 10.8 Å². The number of nitrogen functional groups attached to an aromatic ring is 1. The minimum atomic E-state index is -0.655. The highest BCUT2D eigenvalue weighted by atomic mass is 16.5. The molecule has 2 heterocycles. The van der Waals surface area contributed by atoms with E-state index >= 15 is 0 Å². The van der Waals surface area contributed by atoms with Crippen LogP contribution in [0.4, 0.5) is 17.1 Å². The van der Waals surface area contributed by atoms with Gasteiger partial charge in [0.1, 0.15) is 11.4 Å². The van der Waals surface area contributed by atoms with E-state index < -0.39 is 5.72 Å². The monoisotopic (exact) mass is 343 g/mol. The summed E-state index contributed by atoms with van der Waals surface area (Å²) in [5.74, 6) is 0.790. The number of rotatable bonds is 0. The van der Waals surface area contributed by atoms with Crippen LogP contribution in [0.3, 0.4) is 0 Å². The standard InChI is InChI=1S/C22H21N3O/c1-21(2)17-6-4-5-7-18(17)25(3)22(21)13-24-20-16-12-15(23)10-8-14(16)9-11-19(20)26-22/h4-13H,23H2,1-3H3. The first kappa shape index (κ1) is 15.3. The third kappa shape index (κ3) is 1.71. The molecule has 0 bridgehead atoms. The van der Waals surface area contributed by atoms with Gasteiger partial charge in [0, 0.05) is 23.8 Å². The van der Waals surface area contributed by atoms with E-state index in [4.69, 9.17) is 15.5 Å². The van der Waals surface area contributed by atoms with Gasteiger partial charge in [0.25, 0.3) is 0 Å². The second kappa shape index (κ2) is 4.79. The van der Waals surface area contributed by atoms with Gasteiger partial charge >= 0.3 is 0 Å². The van der Waals surface area contributed by atoms with Crippen LogP contribution in [0.5, 0.6) is 5.75 Å². The van der Waals surface area contributed by atoms with Crippen molar-refractivity contribution in [3.05, 3.63) is 60.2 Å². The number of nitrogens with two attached hydrogens (primary N) is 1. The summed E-state index contributed by atoms with van der Waals surface area (Å²) in [5, 5.41) is 2.13. The van der Waals surface area contributed by atoms with Crippen molar-refractivity contribution in [1.82, 2.24) is 0 Å². The lowest BCUT2D eigenvalue weighted by molar-refractivity contribution is 0.0826. The minimum absolute atomic E-state index is 0.246. The van der Waals surface area contributed by atoms with Crippen LogP contribution >= 0.6 is 0 Å². The van der Waals surface area contributed by atoms with Crippen molar-refractivity contribution in [2.24, 2.45) is 4.99 Å². The Bertz CT molecular complexity index is 1090. The van der Waals surface area contributed by atoms with Gasteiger partial charge in [0.2, 0.25) is 5.72 Å². The molecule has 1 unspecified atom stereocenters. The molecule has 3 aromatic carbocycles. The first-order valence-electron chi connectivity index (χ1n) is 8.84.